The van der Waals surface area contributed by atoms with Crippen molar-refractivity contribution in [3.8, 4) is 0 Å². The maximum absolute atomic E-state index is 12.8. The van der Waals surface area contributed by atoms with Crippen LogP contribution >= 0.6 is 0 Å². The number of benzene rings is 1. The third-order valence-electron chi connectivity index (χ3n) is 3.74. The van der Waals surface area contributed by atoms with Gasteiger partial charge in [-0.3, -0.25) is 9.78 Å². The van der Waals surface area contributed by atoms with E-state index in [1.54, 1.807) is 23.2 Å². The molecule has 0 aliphatic rings. The molecule has 0 radical (unpaired) electrons. The van der Waals surface area contributed by atoms with Gasteiger partial charge in [0.05, 0.1) is 0 Å². The molecule has 0 aliphatic carbocycles. The Balaban J connectivity index is 1.79. The highest BCUT2D eigenvalue weighted by Crippen LogP contribution is 2.11. The lowest BCUT2D eigenvalue weighted by molar-refractivity contribution is -0.130. The van der Waals surface area contributed by atoms with E-state index in [1.165, 1.54) is 12.1 Å². The van der Waals surface area contributed by atoms with E-state index in [1.807, 2.05) is 26.2 Å². The summed E-state index contributed by atoms with van der Waals surface area (Å²) in [6.45, 7) is 2.60. The van der Waals surface area contributed by atoms with E-state index < -0.39 is 0 Å². The first-order valence-corrected chi connectivity index (χ1v) is 7.44. The molecule has 2 rings (SSSR count). The van der Waals surface area contributed by atoms with Crippen molar-refractivity contribution >= 4 is 5.91 Å². The van der Waals surface area contributed by atoms with Crippen LogP contribution in [0.3, 0.4) is 0 Å². The molecule has 116 valence electrons. The van der Waals surface area contributed by atoms with Crippen LogP contribution in [0.2, 0.25) is 0 Å². The largest absolute Gasteiger partial charge is 0.341 e. The average Bonchev–Trinajstić information content (AvgIpc) is 2.51. The van der Waals surface area contributed by atoms with Gasteiger partial charge in [-0.2, -0.15) is 0 Å². The third kappa shape index (κ3) is 4.65. The molecule has 0 saturated heterocycles. The van der Waals surface area contributed by atoms with Crippen molar-refractivity contribution in [3.63, 3.8) is 0 Å². The second-order valence-electron chi connectivity index (χ2n) is 5.53. The summed E-state index contributed by atoms with van der Waals surface area (Å²) in [7, 11) is 1.82. The van der Waals surface area contributed by atoms with E-state index >= 15 is 0 Å². The highest BCUT2D eigenvalue weighted by atomic mass is 19.1. The number of carbonyl (C=O) groups is 1. The van der Waals surface area contributed by atoms with Gasteiger partial charge in [0.2, 0.25) is 5.91 Å². The highest BCUT2D eigenvalue weighted by molar-refractivity contribution is 5.75. The molecule has 0 bridgehead atoms. The van der Waals surface area contributed by atoms with Crippen LogP contribution < -0.4 is 0 Å². The van der Waals surface area contributed by atoms with Gasteiger partial charge in [-0.05, 0) is 54.7 Å². The molecule has 1 aromatic carbocycles. The number of pyridine rings is 1. The van der Waals surface area contributed by atoms with Crippen LogP contribution in [0.25, 0.3) is 0 Å². The number of carbonyl (C=O) groups excluding carboxylic acids is 1. The summed E-state index contributed by atoms with van der Waals surface area (Å²) in [6, 6.07) is 8.39. The van der Waals surface area contributed by atoms with E-state index in [4.69, 9.17) is 0 Å². The molecule has 0 N–H and O–H groups in total. The van der Waals surface area contributed by atoms with Crippen molar-refractivity contribution in [3.05, 3.63) is 65.2 Å². The fourth-order valence-corrected chi connectivity index (χ4v) is 2.31. The van der Waals surface area contributed by atoms with Crippen LogP contribution in [0.15, 0.2) is 42.7 Å². The van der Waals surface area contributed by atoms with Crippen LogP contribution in [0.5, 0.6) is 0 Å². The smallest absolute Gasteiger partial charge is 0.222 e. The standard InChI is InChI=1S/C18H21FN2O/c1-14-12-20-11-10-16(14)13-21(2)18(22)5-3-4-15-6-8-17(19)9-7-15/h6-12H,3-5,13H2,1-2H3. The van der Waals surface area contributed by atoms with Gasteiger partial charge in [-0.1, -0.05) is 12.1 Å². The van der Waals surface area contributed by atoms with Gasteiger partial charge in [-0.25, -0.2) is 4.39 Å². The fraction of sp³-hybridized carbons (Fsp3) is 0.333. The minimum absolute atomic E-state index is 0.123. The lowest BCUT2D eigenvalue weighted by Crippen LogP contribution is -2.26. The zero-order valence-electron chi connectivity index (χ0n) is 13.1. The van der Waals surface area contributed by atoms with Crippen LogP contribution in [0, 0.1) is 12.7 Å². The van der Waals surface area contributed by atoms with Gasteiger partial charge in [0.1, 0.15) is 5.82 Å². The Labute approximate surface area is 130 Å². The van der Waals surface area contributed by atoms with Crippen molar-refractivity contribution in [1.29, 1.82) is 0 Å². The van der Waals surface area contributed by atoms with Crippen molar-refractivity contribution in [2.45, 2.75) is 32.7 Å². The molecule has 0 fully saturated rings. The summed E-state index contributed by atoms with van der Waals surface area (Å²) < 4.78 is 12.8. The predicted octanol–water partition coefficient (Wildman–Crippen LogP) is 3.51. The van der Waals surface area contributed by atoms with E-state index in [9.17, 15) is 9.18 Å². The van der Waals surface area contributed by atoms with E-state index in [0.717, 1.165) is 29.5 Å². The number of rotatable bonds is 6. The Hall–Kier alpha value is -2.23. The Bertz CT molecular complexity index is 625. The van der Waals surface area contributed by atoms with Crippen molar-refractivity contribution in [2.75, 3.05) is 7.05 Å². The number of hydrogen-bond donors (Lipinski definition) is 0. The summed E-state index contributed by atoms with van der Waals surface area (Å²) in [6.07, 6.45) is 5.60. The van der Waals surface area contributed by atoms with E-state index in [-0.39, 0.29) is 11.7 Å². The number of hydrogen-bond acceptors (Lipinski definition) is 2. The molecular formula is C18H21FN2O. The Morgan fingerprint density at radius 3 is 2.64 bits per heavy atom. The number of aromatic nitrogens is 1. The second-order valence-corrected chi connectivity index (χ2v) is 5.53. The molecule has 0 aliphatic heterocycles. The monoisotopic (exact) mass is 300 g/mol. The maximum atomic E-state index is 12.8. The van der Waals surface area contributed by atoms with Crippen molar-refractivity contribution < 1.29 is 9.18 Å². The van der Waals surface area contributed by atoms with Gasteiger partial charge >= 0.3 is 0 Å². The lowest BCUT2D eigenvalue weighted by atomic mass is 10.1. The summed E-state index contributed by atoms with van der Waals surface area (Å²) in [5.41, 5.74) is 3.26. The number of halogens is 1. The minimum Gasteiger partial charge on any atom is -0.341 e. The molecule has 0 atom stereocenters. The molecule has 0 unspecified atom stereocenters. The Morgan fingerprint density at radius 2 is 1.95 bits per heavy atom. The number of amides is 1. The molecule has 3 nitrogen and oxygen atoms in total. The fourth-order valence-electron chi connectivity index (χ4n) is 2.31. The van der Waals surface area contributed by atoms with Crippen LogP contribution in [0.1, 0.15) is 29.5 Å². The van der Waals surface area contributed by atoms with Crippen LogP contribution in [0.4, 0.5) is 4.39 Å². The molecule has 1 aromatic heterocycles. The van der Waals surface area contributed by atoms with Crippen molar-refractivity contribution in [1.82, 2.24) is 9.88 Å². The highest BCUT2D eigenvalue weighted by Gasteiger charge is 2.10. The minimum atomic E-state index is -0.229. The second kappa shape index (κ2) is 7.69. The van der Waals surface area contributed by atoms with Gasteiger partial charge in [0.25, 0.3) is 0 Å². The van der Waals surface area contributed by atoms with Gasteiger partial charge in [0, 0.05) is 32.4 Å². The van der Waals surface area contributed by atoms with Crippen LogP contribution in [-0.4, -0.2) is 22.8 Å². The normalized spacial score (nSPS) is 10.5. The first-order valence-electron chi connectivity index (χ1n) is 7.44. The molecular weight excluding hydrogens is 279 g/mol. The zero-order chi connectivity index (χ0) is 15.9. The average molecular weight is 300 g/mol. The molecule has 0 saturated carbocycles. The zero-order valence-corrected chi connectivity index (χ0v) is 13.1. The predicted molar refractivity (Wildman–Crippen MR) is 84.8 cm³/mol. The summed E-state index contributed by atoms with van der Waals surface area (Å²) in [5, 5.41) is 0. The van der Waals surface area contributed by atoms with Gasteiger partial charge in [0.15, 0.2) is 0 Å². The third-order valence-corrected chi connectivity index (χ3v) is 3.74. The topological polar surface area (TPSA) is 33.2 Å². The summed E-state index contributed by atoms with van der Waals surface area (Å²) in [5.74, 6) is -0.106. The maximum Gasteiger partial charge on any atom is 0.222 e. The quantitative estimate of drug-likeness (QED) is 0.818. The van der Waals surface area contributed by atoms with E-state index in [2.05, 4.69) is 4.98 Å². The first kappa shape index (κ1) is 16.1. The molecule has 2 aromatic rings. The molecule has 22 heavy (non-hydrogen) atoms. The lowest BCUT2D eigenvalue weighted by Gasteiger charge is -2.18. The van der Waals surface area contributed by atoms with Crippen molar-refractivity contribution in [2.24, 2.45) is 0 Å². The van der Waals surface area contributed by atoms with Gasteiger partial charge in [-0.15, -0.1) is 0 Å². The van der Waals surface area contributed by atoms with Crippen LogP contribution in [-0.2, 0) is 17.8 Å². The summed E-state index contributed by atoms with van der Waals surface area (Å²) in [4.78, 5) is 18.0. The summed E-state index contributed by atoms with van der Waals surface area (Å²) >= 11 is 0. The Kier molecular flexibility index (Phi) is 5.64. The molecule has 1 heterocycles. The first-order chi connectivity index (χ1) is 10.6. The number of aryl methyl sites for hydroxylation is 2. The molecule has 1 amide bonds. The Morgan fingerprint density at radius 1 is 1.23 bits per heavy atom. The van der Waals surface area contributed by atoms with Gasteiger partial charge < -0.3 is 4.90 Å². The number of nitrogens with zero attached hydrogens (tertiary/aromatic N) is 2. The van der Waals surface area contributed by atoms with E-state index in [0.29, 0.717) is 13.0 Å². The molecule has 0 spiro atoms. The SMILES string of the molecule is Cc1cnccc1CN(C)C(=O)CCCc1ccc(F)cc1. The molecule has 4 heteroatoms.